The number of hydrogen-bond donors (Lipinski definition) is 0. The first kappa shape index (κ1) is 10.4. The smallest absolute Gasteiger partial charge is 0.157 e. The minimum absolute atomic E-state index is 0.0369. The maximum Gasteiger partial charge on any atom is 0.157 e. The van der Waals surface area contributed by atoms with Gasteiger partial charge in [-0.1, -0.05) is 0 Å². The first-order chi connectivity index (χ1) is 6.83. The topological polar surface area (TPSA) is 36.9 Å². The van der Waals surface area contributed by atoms with E-state index in [0.717, 1.165) is 25.7 Å². The van der Waals surface area contributed by atoms with Crippen molar-refractivity contribution in [1.29, 1.82) is 0 Å². The van der Waals surface area contributed by atoms with Crippen molar-refractivity contribution in [3.63, 3.8) is 0 Å². The van der Waals surface area contributed by atoms with Crippen LogP contribution >= 0.6 is 0 Å². The average molecular weight is 202 g/mol. The van der Waals surface area contributed by atoms with E-state index < -0.39 is 0 Å². The van der Waals surface area contributed by atoms with Crippen LogP contribution in [0.4, 0.5) is 0 Å². The molecule has 2 rings (SSSR count). The van der Waals surface area contributed by atoms with Crippen molar-refractivity contribution in [2.24, 2.45) is 0 Å². The Kier molecular flexibility index (Phi) is 3.38. The van der Waals surface area contributed by atoms with Crippen LogP contribution in [0, 0.1) is 0 Å². The minimum atomic E-state index is -0.0369. The maximum absolute atomic E-state index is 5.68. The van der Waals surface area contributed by atoms with E-state index in [9.17, 15) is 0 Å². The normalized spacial score (nSPS) is 43.3. The van der Waals surface area contributed by atoms with E-state index in [4.69, 9.17) is 18.9 Å². The van der Waals surface area contributed by atoms with E-state index in [1.165, 1.54) is 0 Å². The third kappa shape index (κ3) is 2.08. The van der Waals surface area contributed by atoms with Crippen LogP contribution in [0.15, 0.2) is 0 Å². The summed E-state index contributed by atoms with van der Waals surface area (Å²) in [4.78, 5) is 0. The molecule has 2 aliphatic rings. The Bertz CT molecular complexity index is 165. The van der Waals surface area contributed by atoms with Crippen LogP contribution in [0.1, 0.15) is 25.7 Å². The van der Waals surface area contributed by atoms with Crippen LogP contribution in [0.25, 0.3) is 0 Å². The number of methoxy groups -OCH3 is 2. The molecule has 4 nitrogen and oxygen atoms in total. The molecule has 0 unspecified atom stereocenters. The quantitative estimate of drug-likeness (QED) is 0.691. The first-order valence-electron chi connectivity index (χ1n) is 5.20. The fourth-order valence-corrected chi connectivity index (χ4v) is 2.16. The van der Waals surface area contributed by atoms with E-state index in [1.54, 1.807) is 14.2 Å². The second-order valence-electron chi connectivity index (χ2n) is 3.83. The van der Waals surface area contributed by atoms with Gasteiger partial charge in [-0.25, -0.2) is 0 Å². The van der Waals surface area contributed by atoms with Gasteiger partial charge in [-0.2, -0.15) is 0 Å². The highest BCUT2D eigenvalue weighted by Gasteiger charge is 2.37. The fourth-order valence-electron chi connectivity index (χ4n) is 2.16. The summed E-state index contributed by atoms with van der Waals surface area (Å²) < 4.78 is 21.7. The number of rotatable bonds is 3. The molecular weight excluding hydrogens is 184 g/mol. The van der Waals surface area contributed by atoms with E-state index >= 15 is 0 Å². The van der Waals surface area contributed by atoms with Gasteiger partial charge in [0.2, 0.25) is 0 Å². The van der Waals surface area contributed by atoms with Crippen molar-refractivity contribution in [3.05, 3.63) is 0 Å². The summed E-state index contributed by atoms with van der Waals surface area (Å²) in [5.41, 5.74) is 0. The van der Waals surface area contributed by atoms with Gasteiger partial charge in [0.1, 0.15) is 0 Å². The molecule has 0 spiro atoms. The van der Waals surface area contributed by atoms with Crippen molar-refractivity contribution in [2.45, 2.75) is 50.5 Å². The second-order valence-corrected chi connectivity index (χ2v) is 3.83. The molecule has 2 saturated heterocycles. The lowest BCUT2D eigenvalue weighted by atomic mass is 10.1. The predicted molar refractivity (Wildman–Crippen MR) is 49.8 cm³/mol. The van der Waals surface area contributed by atoms with Gasteiger partial charge >= 0.3 is 0 Å². The van der Waals surface area contributed by atoms with E-state index in [1.807, 2.05) is 0 Å². The van der Waals surface area contributed by atoms with E-state index in [2.05, 4.69) is 0 Å². The van der Waals surface area contributed by atoms with Gasteiger partial charge in [-0.15, -0.1) is 0 Å². The Hall–Kier alpha value is -0.160. The number of ether oxygens (including phenoxy) is 4. The molecule has 0 aromatic rings. The molecule has 2 heterocycles. The molecule has 0 aromatic carbocycles. The summed E-state index contributed by atoms with van der Waals surface area (Å²) in [5.74, 6) is 0. The van der Waals surface area contributed by atoms with Crippen molar-refractivity contribution in [2.75, 3.05) is 14.2 Å². The summed E-state index contributed by atoms with van der Waals surface area (Å²) in [6.45, 7) is 0. The SMILES string of the molecule is CO[C@@H]1CC[C@H]([C@H]2CC[C@@H](OC)O2)O1. The van der Waals surface area contributed by atoms with Crippen molar-refractivity contribution in [3.8, 4) is 0 Å². The Balaban J connectivity index is 1.80. The van der Waals surface area contributed by atoms with Crippen LogP contribution in [-0.2, 0) is 18.9 Å². The average Bonchev–Trinajstić information content (AvgIpc) is 2.86. The summed E-state index contributed by atoms with van der Waals surface area (Å²) in [7, 11) is 3.36. The molecule has 0 saturated carbocycles. The summed E-state index contributed by atoms with van der Waals surface area (Å²) in [6.07, 6.45) is 4.31. The largest absolute Gasteiger partial charge is 0.356 e. The van der Waals surface area contributed by atoms with Crippen LogP contribution in [0.5, 0.6) is 0 Å². The molecule has 0 bridgehead atoms. The van der Waals surface area contributed by atoms with Gasteiger partial charge in [0.15, 0.2) is 12.6 Å². The highest BCUT2D eigenvalue weighted by atomic mass is 16.7. The molecule has 4 atom stereocenters. The highest BCUT2D eigenvalue weighted by Crippen LogP contribution is 2.31. The monoisotopic (exact) mass is 202 g/mol. The Labute approximate surface area is 84.5 Å². The molecule has 0 N–H and O–H groups in total. The molecule has 0 aliphatic carbocycles. The maximum atomic E-state index is 5.68. The van der Waals surface area contributed by atoms with Crippen molar-refractivity contribution in [1.82, 2.24) is 0 Å². The minimum Gasteiger partial charge on any atom is -0.356 e. The van der Waals surface area contributed by atoms with Gasteiger partial charge in [0, 0.05) is 27.1 Å². The molecule has 2 fully saturated rings. The third-order valence-electron chi connectivity index (χ3n) is 2.97. The predicted octanol–water partition coefficient (Wildman–Crippen LogP) is 1.29. The van der Waals surface area contributed by atoms with Crippen LogP contribution in [0.2, 0.25) is 0 Å². The number of hydrogen-bond acceptors (Lipinski definition) is 4. The van der Waals surface area contributed by atoms with Crippen molar-refractivity contribution >= 4 is 0 Å². The van der Waals surface area contributed by atoms with Crippen molar-refractivity contribution < 1.29 is 18.9 Å². The zero-order chi connectivity index (χ0) is 9.97. The Morgan fingerprint density at radius 2 is 1.21 bits per heavy atom. The molecule has 14 heavy (non-hydrogen) atoms. The summed E-state index contributed by atoms with van der Waals surface area (Å²) in [5, 5.41) is 0. The molecule has 4 heteroatoms. The van der Waals surface area contributed by atoms with Crippen LogP contribution in [0.3, 0.4) is 0 Å². The van der Waals surface area contributed by atoms with Gasteiger partial charge < -0.3 is 18.9 Å². The van der Waals surface area contributed by atoms with E-state index in [0.29, 0.717) is 0 Å². The zero-order valence-electron chi connectivity index (χ0n) is 8.77. The highest BCUT2D eigenvalue weighted by molar-refractivity contribution is 4.81. The van der Waals surface area contributed by atoms with Gasteiger partial charge in [0.25, 0.3) is 0 Å². The summed E-state index contributed by atoms with van der Waals surface area (Å²) >= 11 is 0. The summed E-state index contributed by atoms with van der Waals surface area (Å²) in [6, 6.07) is 0. The lowest BCUT2D eigenvalue weighted by Crippen LogP contribution is -2.27. The van der Waals surface area contributed by atoms with Gasteiger partial charge in [-0.05, 0) is 12.8 Å². The van der Waals surface area contributed by atoms with Gasteiger partial charge in [0.05, 0.1) is 12.2 Å². The molecule has 0 radical (unpaired) electrons. The lowest BCUT2D eigenvalue weighted by Gasteiger charge is -2.19. The zero-order valence-corrected chi connectivity index (χ0v) is 8.77. The standard InChI is InChI=1S/C10H18O4/c1-11-9-5-3-7(13-9)8-4-6-10(12-2)14-8/h7-10H,3-6H2,1-2H3/t7-,8-,9+,10+/m1/s1. The second kappa shape index (κ2) is 4.57. The van der Waals surface area contributed by atoms with Gasteiger partial charge in [-0.3, -0.25) is 0 Å². The first-order valence-corrected chi connectivity index (χ1v) is 5.20. The Morgan fingerprint density at radius 1 is 0.786 bits per heavy atom. The third-order valence-corrected chi connectivity index (χ3v) is 2.97. The van der Waals surface area contributed by atoms with Crippen LogP contribution in [-0.4, -0.2) is 39.0 Å². The molecular formula is C10H18O4. The lowest BCUT2D eigenvalue weighted by molar-refractivity contribution is -0.174. The van der Waals surface area contributed by atoms with Crippen LogP contribution < -0.4 is 0 Å². The molecule has 2 aliphatic heterocycles. The van der Waals surface area contributed by atoms with E-state index in [-0.39, 0.29) is 24.8 Å². The molecule has 0 aromatic heterocycles. The molecule has 0 amide bonds. The Morgan fingerprint density at radius 3 is 1.50 bits per heavy atom. The molecule has 82 valence electrons. The fraction of sp³-hybridized carbons (Fsp3) is 1.00.